The van der Waals surface area contributed by atoms with Crippen molar-refractivity contribution in [2.45, 2.75) is 57.2 Å². The lowest BCUT2D eigenvalue weighted by molar-refractivity contribution is -0.0969. The highest BCUT2D eigenvalue weighted by molar-refractivity contribution is 5.59. The van der Waals surface area contributed by atoms with Gasteiger partial charge in [0, 0.05) is 29.8 Å². The summed E-state index contributed by atoms with van der Waals surface area (Å²) in [7, 11) is 0. The van der Waals surface area contributed by atoms with Gasteiger partial charge in [0.15, 0.2) is 0 Å². The summed E-state index contributed by atoms with van der Waals surface area (Å²) in [5.41, 5.74) is 7.10. The summed E-state index contributed by atoms with van der Waals surface area (Å²) in [4.78, 5) is 13.1. The predicted molar refractivity (Wildman–Crippen MR) is 149 cm³/mol. The number of nitrogens with zero attached hydrogens (tertiary/aromatic N) is 3. The molecule has 0 amide bonds. The van der Waals surface area contributed by atoms with E-state index in [-0.39, 0.29) is 5.54 Å². The molecule has 0 unspecified atom stereocenters. The van der Waals surface area contributed by atoms with Crippen LogP contribution < -0.4 is 0 Å². The summed E-state index contributed by atoms with van der Waals surface area (Å²) in [5.74, 6) is 2.71. The molecule has 0 saturated heterocycles. The van der Waals surface area contributed by atoms with E-state index in [9.17, 15) is 0 Å². The highest BCUT2D eigenvalue weighted by Crippen LogP contribution is 2.58. The average Bonchev–Trinajstić information content (AvgIpc) is 2.93. The smallest absolute Gasteiger partial charge is 0.0705 e. The molecule has 2 aromatic carbocycles. The van der Waals surface area contributed by atoms with E-state index >= 15 is 0 Å². The molecule has 4 bridgehead atoms. The first kappa shape index (κ1) is 22.9. The van der Waals surface area contributed by atoms with Gasteiger partial charge in [-0.15, -0.1) is 0 Å². The van der Waals surface area contributed by atoms with Crippen LogP contribution in [0.25, 0.3) is 22.5 Å². The van der Waals surface area contributed by atoms with Crippen molar-refractivity contribution >= 4 is 0 Å². The molecule has 4 saturated carbocycles. The van der Waals surface area contributed by atoms with Gasteiger partial charge >= 0.3 is 0 Å². The van der Waals surface area contributed by atoms with E-state index in [2.05, 4.69) is 102 Å². The topological polar surface area (TPSA) is 29.0 Å². The standard InChI is InChI=1S/C34H35N3/c1-3-9-28(10-4-1)32-15-7-13-30(35-32)23-37(34-20-25-17-26(21-34)19-27(18-25)22-34)24-31-14-8-16-33(36-31)29-11-5-2-6-12-29/h1-16,25-27H,17-24H2. The average molecular weight is 486 g/mol. The van der Waals surface area contributed by atoms with Gasteiger partial charge in [-0.1, -0.05) is 72.8 Å². The third-order valence-corrected chi connectivity index (χ3v) is 9.14. The summed E-state index contributed by atoms with van der Waals surface area (Å²) in [6, 6.07) is 34.2. The monoisotopic (exact) mass is 485 g/mol. The third-order valence-electron chi connectivity index (χ3n) is 9.14. The molecule has 2 aromatic heterocycles. The van der Waals surface area contributed by atoms with Gasteiger partial charge in [0.25, 0.3) is 0 Å². The summed E-state index contributed by atoms with van der Waals surface area (Å²) in [5, 5.41) is 0. The van der Waals surface area contributed by atoms with E-state index in [1.165, 1.54) is 49.7 Å². The molecule has 0 radical (unpaired) electrons. The summed E-state index contributed by atoms with van der Waals surface area (Å²) in [6.45, 7) is 1.76. The number of pyridine rings is 2. The molecule has 4 aliphatic carbocycles. The van der Waals surface area contributed by atoms with Crippen molar-refractivity contribution < 1.29 is 0 Å². The Hall–Kier alpha value is -3.30. The first-order chi connectivity index (χ1) is 18.2. The maximum Gasteiger partial charge on any atom is 0.0705 e. The fraction of sp³-hybridized carbons (Fsp3) is 0.353. The van der Waals surface area contributed by atoms with Crippen LogP contribution in [0.5, 0.6) is 0 Å². The van der Waals surface area contributed by atoms with Crippen LogP contribution in [0, 0.1) is 17.8 Å². The van der Waals surface area contributed by atoms with Crippen molar-refractivity contribution in [2.24, 2.45) is 17.8 Å². The largest absolute Gasteiger partial charge is 0.286 e. The molecule has 37 heavy (non-hydrogen) atoms. The van der Waals surface area contributed by atoms with E-state index in [1.807, 2.05) is 0 Å². The van der Waals surface area contributed by atoms with Crippen LogP contribution in [-0.4, -0.2) is 20.4 Å². The van der Waals surface area contributed by atoms with Crippen LogP contribution in [0.2, 0.25) is 0 Å². The minimum Gasteiger partial charge on any atom is -0.286 e. The fourth-order valence-corrected chi connectivity index (χ4v) is 7.91. The quantitative estimate of drug-likeness (QED) is 0.268. The Kier molecular flexibility index (Phi) is 5.89. The maximum atomic E-state index is 5.16. The van der Waals surface area contributed by atoms with E-state index < -0.39 is 0 Å². The molecule has 0 N–H and O–H groups in total. The summed E-state index contributed by atoms with van der Waals surface area (Å²) < 4.78 is 0. The SMILES string of the molecule is c1ccc(-c2cccc(CN(Cc3cccc(-c4ccccc4)n3)C34CC5CC(CC(C5)C3)C4)n2)cc1. The van der Waals surface area contributed by atoms with Crippen LogP contribution in [0.15, 0.2) is 97.1 Å². The molecule has 4 fully saturated rings. The van der Waals surface area contributed by atoms with Crippen molar-refractivity contribution in [3.63, 3.8) is 0 Å². The summed E-state index contributed by atoms with van der Waals surface area (Å²) in [6.07, 6.45) is 8.39. The molecule has 2 heterocycles. The lowest BCUT2D eigenvalue weighted by Gasteiger charge is -2.60. The highest BCUT2D eigenvalue weighted by Gasteiger charge is 2.53. The van der Waals surface area contributed by atoms with E-state index in [4.69, 9.17) is 9.97 Å². The maximum absolute atomic E-state index is 5.16. The van der Waals surface area contributed by atoms with Crippen molar-refractivity contribution in [1.82, 2.24) is 14.9 Å². The number of rotatable bonds is 7. The van der Waals surface area contributed by atoms with E-state index in [1.54, 1.807) is 0 Å². The molecule has 0 atom stereocenters. The zero-order valence-electron chi connectivity index (χ0n) is 21.5. The fourth-order valence-electron chi connectivity index (χ4n) is 7.91. The lowest BCUT2D eigenvalue weighted by atomic mass is 9.52. The van der Waals surface area contributed by atoms with Crippen LogP contribution in [-0.2, 0) is 13.1 Å². The lowest BCUT2D eigenvalue weighted by Crippen LogP contribution is -2.59. The van der Waals surface area contributed by atoms with Crippen molar-refractivity contribution in [3.05, 3.63) is 108 Å². The number of hydrogen-bond acceptors (Lipinski definition) is 3. The van der Waals surface area contributed by atoms with Crippen LogP contribution in [0.3, 0.4) is 0 Å². The van der Waals surface area contributed by atoms with Gasteiger partial charge in [0.2, 0.25) is 0 Å². The van der Waals surface area contributed by atoms with Gasteiger partial charge in [-0.05, 0) is 80.5 Å². The zero-order chi connectivity index (χ0) is 24.7. The Balaban J connectivity index is 1.23. The molecule has 8 rings (SSSR count). The Labute approximate surface area is 220 Å². The molecule has 186 valence electrons. The van der Waals surface area contributed by atoms with Gasteiger partial charge < -0.3 is 0 Å². The molecular weight excluding hydrogens is 450 g/mol. The molecule has 4 aromatic rings. The van der Waals surface area contributed by atoms with E-state index in [0.717, 1.165) is 53.6 Å². The zero-order valence-corrected chi connectivity index (χ0v) is 21.5. The second kappa shape index (κ2) is 9.54. The van der Waals surface area contributed by atoms with Crippen LogP contribution >= 0.6 is 0 Å². The Bertz CT molecular complexity index is 1240. The number of benzene rings is 2. The van der Waals surface area contributed by atoms with Gasteiger partial charge in [0.05, 0.1) is 22.8 Å². The molecule has 3 heteroatoms. The van der Waals surface area contributed by atoms with Crippen LogP contribution in [0.1, 0.15) is 49.9 Å². The number of hydrogen-bond donors (Lipinski definition) is 0. The van der Waals surface area contributed by atoms with Gasteiger partial charge in [-0.3, -0.25) is 14.9 Å². The van der Waals surface area contributed by atoms with Crippen molar-refractivity contribution in [2.75, 3.05) is 0 Å². The minimum absolute atomic E-state index is 0.281. The molecule has 4 aliphatic rings. The third kappa shape index (κ3) is 4.62. The van der Waals surface area contributed by atoms with Gasteiger partial charge in [-0.25, -0.2) is 0 Å². The van der Waals surface area contributed by atoms with E-state index in [0.29, 0.717) is 0 Å². The Morgan fingerprint density at radius 1 is 0.541 bits per heavy atom. The predicted octanol–water partition coefficient (Wildman–Crippen LogP) is 7.78. The molecule has 3 nitrogen and oxygen atoms in total. The van der Waals surface area contributed by atoms with Crippen molar-refractivity contribution in [3.8, 4) is 22.5 Å². The van der Waals surface area contributed by atoms with Crippen molar-refractivity contribution in [1.29, 1.82) is 0 Å². The molecule has 0 spiro atoms. The van der Waals surface area contributed by atoms with Gasteiger partial charge in [-0.2, -0.15) is 0 Å². The summed E-state index contributed by atoms with van der Waals surface area (Å²) >= 11 is 0. The highest BCUT2D eigenvalue weighted by atomic mass is 15.2. The first-order valence-corrected chi connectivity index (χ1v) is 14.0. The Morgan fingerprint density at radius 2 is 0.973 bits per heavy atom. The second-order valence-electron chi connectivity index (χ2n) is 11.8. The Morgan fingerprint density at radius 3 is 1.41 bits per heavy atom. The van der Waals surface area contributed by atoms with Gasteiger partial charge in [0.1, 0.15) is 0 Å². The second-order valence-corrected chi connectivity index (χ2v) is 11.8. The normalized spacial score (nSPS) is 26.0. The van der Waals surface area contributed by atoms with Crippen LogP contribution in [0.4, 0.5) is 0 Å². The first-order valence-electron chi connectivity index (χ1n) is 14.0. The minimum atomic E-state index is 0.281. The molecule has 0 aliphatic heterocycles. The number of aromatic nitrogens is 2. The molecular formula is C34H35N3.